The van der Waals surface area contributed by atoms with Gasteiger partial charge in [-0.25, -0.2) is 9.18 Å². The predicted molar refractivity (Wildman–Crippen MR) is 45.7 cm³/mol. The third-order valence-electron chi connectivity index (χ3n) is 1.90. The molecule has 1 rings (SSSR count). The Morgan fingerprint density at radius 1 is 1.50 bits per heavy atom. The largest absolute Gasteiger partial charge is 0.481 e. The molecule has 0 aromatic rings. The van der Waals surface area contributed by atoms with E-state index in [-0.39, 0.29) is 0 Å². The number of carbonyl (C=O) groups is 2. The third-order valence-corrected chi connectivity index (χ3v) is 2.30. The van der Waals surface area contributed by atoms with Gasteiger partial charge in [0.1, 0.15) is 5.92 Å². The van der Waals surface area contributed by atoms with Gasteiger partial charge in [0.05, 0.1) is 5.03 Å². The number of rotatable bonds is 2. The number of halogens is 2. The standard InChI is InChI=1S/C8H6ClFO4/c9-5-3-1-2-4(6(11)12)8(5,10)7(13)14/h1-4H,(H,11,12)(H,13,14). The molecule has 76 valence electrons. The van der Waals surface area contributed by atoms with E-state index < -0.39 is 28.6 Å². The summed E-state index contributed by atoms with van der Waals surface area (Å²) in [6.45, 7) is 0. The lowest BCUT2D eigenvalue weighted by Crippen LogP contribution is -2.46. The fourth-order valence-corrected chi connectivity index (χ4v) is 1.41. The van der Waals surface area contributed by atoms with Gasteiger partial charge in [-0.05, 0) is 6.08 Å². The normalized spacial score (nSPS) is 31.0. The summed E-state index contributed by atoms with van der Waals surface area (Å²) in [4.78, 5) is 21.2. The minimum atomic E-state index is -3.07. The van der Waals surface area contributed by atoms with Crippen molar-refractivity contribution in [1.29, 1.82) is 0 Å². The molecule has 0 amide bonds. The molecule has 0 aromatic carbocycles. The monoisotopic (exact) mass is 220 g/mol. The zero-order chi connectivity index (χ0) is 10.9. The van der Waals surface area contributed by atoms with Gasteiger partial charge in [-0.1, -0.05) is 23.8 Å². The van der Waals surface area contributed by atoms with Crippen LogP contribution in [0.15, 0.2) is 23.3 Å². The minimum Gasteiger partial charge on any atom is -0.481 e. The van der Waals surface area contributed by atoms with E-state index in [0.29, 0.717) is 0 Å². The van der Waals surface area contributed by atoms with E-state index in [2.05, 4.69) is 0 Å². The van der Waals surface area contributed by atoms with Gasteiger partial charge in [-0.2, -0.15) is 0 Å². The Morgan fingerprint density at radius 3 is 2.43 bits per heavy atom. The molecule has 0 saturated heterocycles. The Kier molecular flexibility index (Phi) is 2.62. The van der Waals surface area contributed by atoms with Crippen molar-refractivity contribution in [2.75, 3.05) is 0 Å². The molecule has 14 heavy (non-hydrogen) atoms. The highest BCUT2D eigenvalue weighted by molar-refractivity contribution is 6.33. The van der Waals surface area contributed by atoms with Crippen molar-refractivity contribution >= 4 is 23.5 Å². The molecule has 0 fully saturated rings. The van der Waals surface area contributed by atoms with Gasteiger partial charge in [0.15, 0.2) is 0 Å². The number of allylic oxidation sites excluding steroid dienone is 2. The Labute approximate surface area is 83.3 Å². The fourth-order valence-electron chi connectivity index (χ4n) is 1.14. The summed E-state index contributed by atoms with van der Waals surface area (Å²) in [5, 5.41) is 16.6. The topological polar surface area (TPSA) is 74.6 Å². The fraction of sp³-hybridized carbons (Fsp3) is 0.250. The lowest BCUT2D eigenvalue weighted by Gasteiger charge is -2.26. The molecule has 2 N–H and O–H groups in total. The molecule has 1 aliphatic rings. The van der Waals surface area contributed by atoms with Crippen molar-refractivity contribution in [3.05, 3.63) is 23.3 Å². The van der Waals surface area contributed by atoms with Crippen molar-refractivity contribution in [2.24, 2.45) is 5.92 Å². The molecule has 6 heteroatoms. The average Bonchev–Trinajstić information content (AvgIpc) is 2.08. The first-order valence-electron chi connectivity index (χ1n) is 3.60. The van der Waals surface area contributed by atoms with Gasteiger partial charge in [-0.3, -0.25) is 4.79 Å². The second kappa shape index (κ2) is 3.42. The molecule has 2 atom stereocenters. The molecule has 0 aromatic heterocycles. The van der Waals surface area contributed by atoms with Crippen LogP contribution in [0.4, 0.5) is 4.39 Å². The van der Waals surface area contributed by atoms with Crippen LogP contribution in [0, 0.1) is 5.92 Å². The van der Waals surface area contributed by atoms with Crippen molar-refractivity contribution in [2.45, 2.75) is 5.67 Å². The van der Waals surface area contributed by atoms with Crippen LogP contribution in [-0.2, 0) is 9.59 Å². The van der Waals surface area contributed by atoms with Gasteiger partial charge in [0.2, 0.25) is 0 Å². The highest BCUT2D eigenvalue weighted by Crippen LogP contribution is 2.37. The summed E-state index contributed by atoms with van der Waals surface area (Å²) in [5.41, 5.74) is -3.07. The lowest BCUT2D eigenvalue weighted by molar-refractivity contribution is -0.158. The molecule has 1 aliphatic carbocycles. The van der Waals surface area contributed by atoms with E-state index in [4.69, 9.17) is 21.8 Å². The highest BCUT2D eigenvalue weighted by Gasteiger charge is 2.53. The van der Waals surface area contributed by atoms with Crippen molar-refractivity contribution < 1.29 is 24.2 Å². The SMILES string of the molecule is O=C(O)C1C=CC=C(Cl)C1(F)C(=O)O. The van der Waals surface area contributed by atoms with Crippen LogP contribution in [0.25, 0.3) is 0 Å². The molecule has 4 nitrogen and oxygen atoms in total. The smallest absolute Gasteiger partial charge is 0.348 e. The molecule has 0 radical (unpaired) electrons. The van der Waals surface area contributed by atoms with Gasteiger partial charge < -0.3 is 10.2 Å². The van der Waals surface area contributed by atoms with Crippen LogP contribution in [0.3, 0.4) is 0 Å². The second-order valence-corrected chi connectivity index (χ2v) is 3.14. The first kappa shape index (κ1) is 10.7. The van der Waals surface area contributed by atoms with E-state index >= 15 is 0 Å². The zero-order valence-electron chi connectivity index (χ0n) is 6.78. The molecule has 2 unspecified atom stereocenters. The Bertz CT molecular complexity index is 349. The summed E-state index contributed by atoms with van der Waals surface area (Å²) >= 11 is 5.35. The van der Waals surface area contributed by atoms with Crippen LogP contribution >= 0.6 is 11.6 Å². The van der Waals surface area contributed by atoms with Crippen molar-refractivity contribution in [3.63, 3.8) is 0 Å². The maximum Gasteiger partial charge on any atom is 0.348 e. The Balaban J connectivity index is 3.22. The molecular formula is C8H6ClFO4. The molecule has 0 saturated carbocycles. The van der Waals surface area contributed by atoms with Crippen LogP contribution in [0.1, 0.15) is 0 Å². The van der Waals surface area contributed by atoms with Crippen LogP contribution in [-0.4, -0.2) is 27.8 Å². The van der Waals surface area contributed by atoms with Crippen molar-refractivity contribution in [1.82, 2.24) is 0 Å². The first-order valence-corrected chi connectivity index (χ1v) is 3.98. The minimum absolute atomic E-state index is 0.639. The maximum absolute atomic E-state index is 13.8. The van der Waals surface area contributed by atoms with E-state index in [1.165, 1.54) is 6.08 Å². The van der Waals surface area contributed by atoms with Gasteiger partial charge in [0.25, 0.3) is 5.67 Å². The Morgan fingerprint density at radius 2 is 2.07 bits per heavy atom. The van der Waals surface area contributed by atoms with E-state index in [1.54, 1.807) is 0 Å². The summed E-state index contributed by atoms with van der Waals surface area (Å²) in [7, 11) is 0. The summed E-state index contributed by atoms with van der Waals surface area (Å²) in [5.74, 6) is -5.27. The lowest BCUT2D eigenvalue weighted by atomic mass is 9.85. The quantitative estimate of drug-likeness (QED) is 0.733. The van der Waals surface area contributed by atoms with Gasteiger partial charge in [0, 0.05) is 0 Å². The molecule has 0 aliphatic heterocycles. The van der Waals surface area contributed by atoms with E-state index in [0.717, 1.165) is 12.2 Å². The number of hydrogen-bond acceptors (Lipinski definition) is 2. The highest BCUT2D eigenvalue weighted by atomic mass is 35.5. The third kappa shape index (κ3) is 1.39. The average molecular weight is 221 g/mol. The first-order chi connectivity index (χ1) is 6.40. The molecule has 0 heterocycles. The number of aliphatic carboxylic acids is 2. The number of hydrogen-bond donors (Lipinski definition) is 2. The van der Waals surface area contributed by atoms with Crippen LogP contribution < -0.4 is 0 Å². The molecular weight excluding hydrogens is 215 g/mol. The maximum atomic E-state index is 13.8. The summed E-state index contributed by atoms with van der Waals surface area (Å²) < 4.78 is 13.8. The molecule has 0 spiro atoms. The number of carboxylic acids is 2. The van der Waals surface area contributed by atoms with Gasteiger partial charge in [-0.15, -0.1) is 0 Å². The van der Waals surface area contributed by atoms with E-state index in [1.807, 2.05) is 0 Å². The number of alkyl halides is 1. The van der Waals surface area contributed by atoms with Gasteiger partial charge >= 0.3 is 11.9 Å². The van der Waals surface area contributed by atoms with E-state index in [9.17, 15) is 14.0 Å². The Hall–Kier alpha value is -1.36. The predicted octanol–water partition coefficient (Wildman–Crippen LogP) is 1.17. The second-order valence-electron chi connectivity index (χ2n) is 2.73. The summed E-state index contributed by atoms with van der Waals surface area (Å²) in [6, 6.07) is 0. The molecule has 0 bridgehead atoms. The zero-order valence-corrected chi connectivity index (χ0v) is 7.53. The number of carboxylic acid groups (broad SMARTS) is 2. The summed E-state index contributed by atoms with van der Waals surface area (Å²) in [6.07, 6.45) is 3.18. The van der Waals surface area contributed by atoms with Crippen molar-refractivity contribution in [3.8, 4) is 0 Å². The van der Waals surface area contributed by atoms with Crippen LogP contribution in [0.2, 0.25) is 0 Å². The van der Waals surface area contributed by atoms with Crippen LogP contribution in [0.5, 0.6) is 0 Å².